The molecule has 1 aliphatic rings. The highest BCUT2D eigenvalue weighted by Crippen LogP contribution is 2.38. The van der Waals surface area contributed by atoms with Gasteiger partial charge in [-0.15, -0.1) is 6.58 Å². The van der Waals surface area contributed by atoms with Gasteiger partial charge in [0.1, 0.15) is 11.6 Å². The van der Waals surface area contributed by atoms with E-state index in [9.17, 15) is 8.78 Å². The van der Waals surface area contributed by atoms with Gasteiger partial charge in [0.2, 0.25) is 0 Å². The summed E-state index contributed by atoms with van der Waals surface area (Å²) in [6.07, 6.45) is 0. The van der Waals surface area contributed by atoms with Gasteiger partial charge in [-0.3, -0.25) is 0 Å². The normalized spacial score (nSPS) is 14.8. The summed E-state index contributed by atoms with van der Waals surface area (Å²) in [5, 5.41) is 0. The van der Waals surface area contributed by atoms with E-state index in [-0.39, 0.29) is 37.4 Å². The molecule has 0 unspecified atom stereocenters. The smallest absolute Gasteiger partial charge is 0.400 e. The van der Waals surface area contributed by atoms with Crippen molar-refractivity contribution >= 4 is 61.5 Å². The molecular weight excluding hydrogens is 605 g/mol. The second-order valence-corrected chi connectivity index (χ2v) is 11.4. The van der Waals surface area contributed by atoms with Gasteiger partial charge in [0.25, 0.3) is 0 Å². The fourth-order valence-electron chi connectivity index (χ4n) is 2.92. The number of benzene rings is 2. The van der Waals surface area contributed by atoms with Gasteiger partial charge in [-0.2, -0.15) is 0 Å². The zero-order valence-electron chi connectivity index (χ0n) is 22.0. The van der Waals surface area contributed by atoms with Gasteiger partial charge in [0.05, 0.1) is 16.9 Å². The zero-order valence-corrected chi connectivity index (χ0v) is 25.2. The second-order valence-electron chi connectivity index (χ2n) is 9.69. The van der Waals surface area contributed by atoms with Gasteiger partial charge < -0.3 is 20.8 Å². The lowest BCUT2D eigenvalue weighted by Gasteiger charge is -2.32. The second kappa shape index (κ2) is 13.7. The summed E-state index contributed by atoms with van der Waals surface area (Å²) in [4.78, 5) is 0. The molecule has 0 aliphatic carbocycles. The van der Waals surface area contributed by atoms with Crippen LogP contribution in [0.1, 0.15) is 67.0 Å². The van der Waals surface area contributed by atoms with Crippen molar-refractivity contribution in [2.24, 2.45) is 0 Å². The maximum Gasteiger partial charge on any atom is 0.489 e. The molecule has 0 aromatic heterocycles. The van der Waals surface area contributed by atoms with Gasteiger partial charge in [-0.1, -0.05) is 26.1 Å². The van der Waals surface area contributed by atoms with Crippen molar-refractivity contribution in [3.05, 3.63) is 81.2 Å². The van der Waals surface area contributed by atoms with E-state index in [0.717, 1.165) is 16.6 Å². The molecule has 1 heterocycles. The maximum absolute atomic E-state index is 13.2. The molecule has 1 fully saturated rings. The third kappa shape index (κ3) is 9.39. The summed E-state index contributed by atoms with van der Waals surface area (Å²) in [6.45, 7) is 25.0. The Morgan fingerprint density at radius 2 is 1.08 bits per heavy atom. The number of halogens is 4. The lowest BCUT2D eigenvalue weighted by atomic mass is 9.81. The average molecular weight is 644 g/mol. The largest absolute Gasteiger partial charge is 0.489 e. The first-order valence-corrected chi connectivity index (χ1v) is 12.7. The summed E-state index contributed by atoms with van der Waals surface area (Å²) in [5.41, 5.74) is 15.7. The van der Waals surface area contributed by atoms with E-state index in [1.165, 1.54) is 24.3 Å². The quantitative estimate of drug-likeness (QED) is 0.258. The Morgan fingerprint density at radius 1 is 0.757 bits per heavy atom. The van der Waals surface area contributed by atoms with Gasteiger partial charge in [0, 0.05) is 25.8 Å². The molecule has 0 spiro atoms. The number of hydrogen-bond acceptors (Lipinski definition) is 4. The standard InChI is InChI=1S/C12H14FN.C9H17BO2.C6H4Br2FN.CH4/c1-7(2)10-5-9(13)6-11(8(3)4)12(10)14;1-7(2)10-11-8(3,4)9(5,6)12-10;7-4-1-3(9)2-5(8)6(4)10;/h5-6H,1,3,14H2,2,4H3;1H2,2-6H3;1-2H,10H2;1H4. The molecule has 0 bridgehead atoms. The Kier molecular flexibility index (Phi) is 13.0. The third-order valence-electron chi connectivity index (χ3n) is 5.76. The number of rotatable bonds is 3. The molecule has 0 amide bonds. The van der Waals surface area contributed by atoms with E-state index in [4.69, 9.17) is 20.8 Å². The van der Waals surface area contributed by atoms with Gasteiger partial charge in [-0.25, -0.2) is 8.78 Å². The highest BCUT2D eigenvalue weighted by Gasteiger charge is 2.51. The fourth-order valence-corrected chi connectivity index (χ4v) is 4.05. The third-order valence-corrected chi connectivity index (χ3v) is 7.08. The molecule has 1 aliphatic heterocycles. The minimum absolute atomic E-state index is 0. The van der Waals surface area contributed by atoms with Gasteiger partial charge >= 0.3 is 7.12 Å². The van der Waals surface area contributed by atoms with Crippen LogP contribution in [0.3, 0.4) is 0 Å². The molecular formula is C28H39BBr2F2N2O2. The maximum atomic E-state index is 13.2. The molecule has 37 heavy (non-hydrogen) atoms. The molecule has 0 radical (unpaired) electrons. The molecule has 2 aromatic carbocycles. The van der Waals surface area contributed by atoms with Crippen LogP contribution in [-0.2, 0) is 9.31 Å². The Bertz CT molecular complexity index is 1090. The first-order chi connectivity index (χ1) is 16.3. The molecule has 4 N–H and O–H groups in total. The van der Waals surface area contributed by atoms with Crippen molar-refractivity contribution in [1.82, 2.24) is 0 Å². The molecule has 9 heteroatoms. The Morgan fingerprint density at radius 3 is 1.35 bits per heavy atom. The zero-order chi connectivity index (χ0) is 28.2. The predicted octanol–water partition coefficient (Wildman–Crippen LogP) is 9.24. The molecule has 1 saturated heterocycles. The van der Waals surface area contributed by atoms with Crippen LogP contribution in [-0.4, -0.2) is 18.3 Å². The van der Waals surface area contributed by atoms with Crippen molar-refractivity contribution in [3.63, 3.8) is 0 Å². The first kappa shape index (κ1) is 35.1. The number of anilines is 2. The van der Waals surface area contributed by atoms with Crippen LogP contribution < -0.4 is 11.5 Å². The number of hydrogen-bond donors (Lipinski definition) is 2. The minimum Gasteiger partial charge on any atom is -0.400 e. The van der Waals surface area contributed by atoms with Crippen molar-refractivity contribution in [2.75, 3.05) is 11.5 Å². The molecule has 4 nitrogen and oxygen atoms in total. The fraction of sp³-hybridized carbons (Fsp3) is 0.357. The summed E-state index contributed by atoms with van der Waals surface area (Å²) in [5.74, 6) is -0.622. The SMILES string of the molecule is C.C=C(C)B1OC(C)(C)C(C)(C)O1.C=C(C)c1cc(F)cc(C(=C)C)c1N.Nc1c(Br)cc(F)cc1Br. The molecule has 204 valence electrons. The van der Waals surface area contributed by atoms with E-state index in [1.54, 1.807) is 13.8 Å². The van der Waals surface area contributed by atoms with Crippen molar-refractivity contribution in [2.45, 2.75) is 67.1 Å². The monoisotopic (exact) mass is 642 g/mol. The number of nitrogens with two attached hydrogens (primary N) is 2. The summed E-state index contributed by atoms with van der Waals surface area (Å²) in [6, 6.07) is 5.42. The predicted molar refractivity (Wildman–Crippen MR) is 164 cm³/mol. The first-order valence-electron chi connectivity index (χ1n) is 11.1. The minimum atomic E-state index is -0.312. The highest BCUT2D eigenvalue weighted by atomic mass is 79.9. The summed E-state index contributed by atoms with van der Waals surface area (Å²) in [7, 11) is -0.241. The lowest BCUT2D eigenvalue weighted by Crippen LogP contribution is -2.41. The Labute approximate surface area is 238 Å². The molecule has 3 rings (SSSR count). The highest BCUT2D eigenvalue weighted by molar-refractivity contribution is 9.11. The molecule has 0 saturated carbocycles. The summed E-state index contributed by atoms with van der Waals surface area (Å²) >= 11 is 6.20. The van der Waals surface area contributed by atoms with Gasteiger partial charge in [-0.05, 0) is 116 Å². The molecule has 0 atom stereocenters. The van der Waals surface area contributed by atoms with Crippen molar-refractivity contribution in [1.29, 1.82) is 0 Å². The lowest BCUT2D eigenvalue weighted by molar-refractivity contribution is 0.00578. The topological polar surface area (TPSA) is 70.5 Å². The van der Waals surface area contributed by atoms with Crippen molar-refractivity contribution < 1.29 is 18.1 Å². The Balaban J connectivity index is 0.000000525. The van der Waals surface area contributed by atoms with E-state index in [1.807, 2.05) is 34.6 Å². The average Bonchev–Trinajstić information content (AvgIpc) is 2.95. The van der Waals surface area contributed by atoms with E-state index in [0.29, 0.717) is 31.4 Å². The van der Waals surface area contributed by atoms with E-state index in [2.05, 4.69) is 51.6 Å². The van der Waals surface area contributed by atoms with Crippen LogP contribution >= 0.6 is 31.9 Å². The van der Waals surface area contributed by atoms with Crippen LogP contribution in [0.2, 0.25) is 0 Å². The van der Waals surface area contributed by atoms with Crippen LogP contribution in [0.5, 0.6) is 0 Å². The summed E-state index contributed by atoms with van der Waals surface area (Å²) < 4.78 is 38.2. The van der Waals surface area contributed by atoms with Crippen LogP contribution in [0.25, 0.3) is 11.1 Å². The van der Waals surface area contributed by atoms with Crippen LogP contribution in [0.4, 0.5) is 20.2 Å². The Hall–Kier alpha value is -1.94. The van der Waals surface area contributed by atoms with Gasteiger partial charge in [0.15, 0.2) is 0 Å². The molecule has 2 aromatic rings. The van der Waals surface area contributed by atoms with E-state index >= 15 is 0 Å². The number of allylic oxidation sites excluding steroid dienone is 3. The van der Waals surface area contributed by atoms with Crippen LogP contribution in [0, 0.1) is 11.6 Å². The van der Waals surface area contributed by atoms with Crippen LogP contribution in [0.15, 0.2) is 58.4 Å². The number of nitrogen functional groups attached to an aromatic ring is 2. The van der Waals surface area contributed by atoms with E-state index < -0.39 is 0 Å². The van der Waals surface area contributed by atoms with Crippen molar-refractivity contribution in [3.8, 4) is 0 Å².